The third-order valence-electron chi connectivity index (χ3n) is 3.24. The number of nitrogens with two attached hydrogens (primary N) is 1. The van der Waals surface area contributed by atoms with Gasteiger partial charge in [0.05, 0.1) is 6.04 Å². The van der Waals surface area contributed by atoms with Crippen LogP contribution in [-0.2, 0) is 10.2 Å². The summed E-state index contributed by atoms with van der Waals surface area (Å²) in [5.74, 6) is -0.425. The van der Waals surface area contributed by atoms with Crippen molar-refractivity contribution in [2.45, 2.75) is 45.1 Å². The molecule has 3 N–H and O–H groups in total. The molecule has 4 heteroatoms. The molecule has 0 heterocycles. The van der Waals surface area contributed by atoms with Crippen molar-refractivity contribution in [2.24, 2.45) is 5.73 Å². The van der Waals surface area contributed by atoms with E-state index in [9.17, 15) is 9.18 Å². The number of rotatable bonds is 6. The first kappa shape index (κ1) is 15.6. The molecule has 0 aliphatic heterocycles. The van der Waals surface area contributed by atoms with Gasteiger partial charge in [-0.3, -0.25) is 4.79 Å². The maximum absolute atomic E-state index is 13.8. The quantitative estimate of drug-likeness (QED) is 0.830. The summed E-state index contributed by atoms with van der Waals surface area (Å²) in [5, 5.41) is 2.80. The smallest absolute Gasteiger partial charge is 0.236 e. The molecule has 1 unspecified atom stereocenters. The highest BCUT2D eigenvalue weighted by Crippen LogP contribution is 2.24. The van der Waals surface area contributed by atoms with Gasteiger partial charge in [0.2, 0.25) is 5.91 Å². The van der Waals surface area contributed by atoms with Gasteiger partial charge in [-0.15, -0.1) is 0 Å². The van der Waals surface area contributed by atoms with Crippen molar-refractivity contribution in [3.63, 3.8) is 0 Å². The van der Waals surface area contributed by atoms with Gasteiger partial charge in [0.1, 0.15) is 5.82 Å². The molecule has 0 radical (unpaired) electrons. The predicted molar refractivity (Wildman–Crippen MR) is 75.3 cm³/mol. The van der Waals surface area contributed by atoms with Gasteiger partial charge < -0.3 is 11.1 Å². The van der Waals surface area contributed by atoms with E-state index in [-0.39, 0.29) is 11.7 Å². The summed E-state index contributed by atoms with van der Waals surface area (Å²) in [5.41, 5.74) is 5.87. The lowest BCUT2D eigenvalue weighted by atomic mass is 9.84. The number of hydrogen-bond acceptors (Lipinski definition) is 2. The zero-order valence-electron chi connectivity index (χ0n) is 11.9. The predicted octanol–water partition coefficient (Wildman–Crippen LogP) is 2.35. The maximum Gasteiger partial charge on any atom is 0.236 e. The van der Waals surface area contributed by atoms with Crippen molar-refractivity contribution in [3.8, 4) is 0 Å². The summed E-state index contributed by atoms with van der Waals surface area (Å²) >= 11 is 0. The van der Waals surface area contributed by atoms with E-state index in [2.05, 4.69) is 5.32 Å². The minimum atomic E-state index is -0.485. The minimum absolute atomic E-state index is 0.175. The monoisotopic (exact) mass is 266 g/mol. The molecule has 0 saturated heterocycles. The van der Waals surface area contributed by atoms with E-state index in [1.54, 1.807) is 18.2 Å². The molecular weight excluding hydrogens is 243 g/mol. The number of nitrogens with one attached hydrogen (secondary N) is 1. The van der Waals surface area contributed by atoms with Crippen LogP contribution in [0.4, 0.5) is 4.39 Å². The second-order valence-electron chi connectivity index (χ2n) is 5.48. The van der Waals surface area contributed by atoms with Crippen LogP contribution in [0.1, 0.15) is 39.2 Å². The number of hydrogen-bond donors (Lipinski definition) is 2. The number of carbonyl (C=O) groups excluding carboxylic acids is 1. The Balaban J connectivity index is 2.66. The first-order valence-electron chi connectivity index (χ1n) is 6.66. The average Bonchev–Trinajstić information content (AvgIpc) is 2.36. The van der Waals surface area contributed by atoms with Crippen molar-refractivity contribution < 1.29 is 9.18 Å². The third-order valence-corrected chi connectivity index (χ3v) is 3.24. The zero-order chi connectivity index (χ0) is 14.5. The molecule has 19 heavy (non-hydrogen) atoms. The maximum atomic E-state index is 13.8. The highest BCUT2D eigenvalue weighted by atomic mass is 19.1. The molecule has 106 valence electrons. The van der Waals surface area contributed by atoms with E-state index in [4.69, 9.17) is 5.73 Å². The molecule has 1 aromatic carbocycles. The number of carbonyl (C=O) groups is 1. The molecule has 0 fully saturated rings. The largest absolute Gasteiger partial charge is 0.354 e. The Morgan fingerprint density at radius 2 is 2.05 bits per heavy atom. The fourth-order valence-electron chi connectivity index (χ4n) is 1.99. The lowest BCUT2D eigenvalue weighted by molar-refractivity contribution is -0.122. The average molecular weight is 266 g/mol. The Hall–Kier alpha value is -1.42. The van der Waals surface area contributed by atoms with E-state index in [1.807, 2.05) is 20.8 Å². The van der Waals surface area contributed by atoms with Crippen LogP contribution in [0.5, 0.6) is 0 Å². The highest BCUT2D eigenvalue weighted by molar-refractivity contribution is 5.81. The number of benzene rings is 1. The Bertz CT molecular complexity index is 432. The Labute approximate surface area is 114 Å². The minimum Gasteiger partial charge on any atom is -0.354 e. The summed E-state index contributed by atoms with van der Waals surface area (Å²) in [6.07, 6.45) is 1.53. The second-order valence-corrected chi connectivity index (χ2v) is 5.48. The zero-order valence-corrected chi connectivity index (χ0v) is 11.9. The van der Waals surface area contributed by atoms with E-state index < -0.39 is 11.5 Å². The van der Waals surface area contributed by atoms with Crippen LogP contribution in [-0.4, -0.2) is 18.5 Å². The van der Waals surface area contributed by atoms with Crippen LogP contribution in [0.2, 0.25) is 0 Å². The summed E-state index contributed by atoms with van der Waals surface area (Å²) in [6, 6.07) is 6.14. The lowest BCUT2D eigenvalue weighted by Gasteiger charge is -2.26. The standard InChI is InChI=1S/C15H23FN2O/c1-4-7-13(17)14(19)18-10-15(2,3)11-8-5-6-9-12(11)16/h5-6,8-9,13H,4,7,10,17H2,1-3H3,(H,18,19). The Kier molecular flexibility index (Phi) is 5.48. The van der Waals surface area contributed by atoms with Crippen molar-refractivity contribution >= 4 is 5.91 Å². The number of halogens is 1. The van der Waals surface area contributed by atoms with Crippen LogP contribution < -0.4 is 11.1 Å². The van der Waals surface area contributed by atoms with Crippen molar-refractivity contribution in [1.82, 2.24) is 5.32 Å². The topological polar surface area (TPSA) is 55.1 Å². The Morgan fingerprint density at radius 3 is 2.63 bits per heavy atom. The van der Waals surface area contributed by atoms with Gasteiger partial charge in [-0.1, -0.05) is 45.4 Å². The van der Waals surface area contributed by atoms with Crippen molar-refractivity contribution in [3.05, 3.63) is 35.6 Å². The molecule has 0 aromatic heterocycles. The van der Waals surface area contributed by atoms with E-state index >= 15 is 0 Å². The molecule has 1 rings (SSSR count). The molecule has 0 aliphatic rings. The molecule has 1 amide bonds. The normalized spacial score (nSPS) is 13.1. The first-order valence-corrected chi connectivity index (χ1v) is 6.66. The van der Waals surface area contributed by atoms with Crippen LogP contribution in [0, 0.1) is 5.82 Å². The summed E-state index contributed by atoms with van der Waals surface area (Å²) in [7, 11) is 0. The van der Waals surface area contributed by atoms with Gasteiger partial charge in [-0.25, -0.2) is 4.39 Å². The summed E-state index contributed by atoms with van der Waals surface area (Å²) < 4.78 is 13.8. The molecule has 0 saturated carbocycles. The Morgan fingerprint density at radius 1 is 1.42 bits per heavy atom. The van der Waals surface area contributed by atoms with Crippen LogP contribution in [0.15, 0.2) is 24.3 Å². The third kappa shape index (κ3) is 4.31. The van der Waals surface area contributed by atoms with Crippen LogP contribution >= 0.6 is 0 Å². The molecule has 0 spiro atoms. The van der Waals surface area contributed by atoms with Crippen LogP contribution in [0.3, 0.4) is 0 Å². The molecule has 1 aromatic rings. The summed E-state index contributed by atoms with van der Waals surface area (Å²) in [6.45, 7) is 6.15. The van der Waals surface area contributed by atoms with Gasteiger partial charge in [-0.05, 0) is 18.1 Å². The molecule has 3 nitrogen and oxygen atoms in total. The van der Waals surface area contributed by atoms with E-state index in [0.717, 1.165) is 6.42 Å². The first-order chi connectivity index (χ1) is 8.88. The van der Waals surface area contributed by atoms with Gasteiger partial charge >= 0.3 is 0 Å². The molecule has 0 bridgehead atoms. The fourth-order valence-corrected chi connectivity index (χ4v) is 1.99. The highest BCUT2D eigenvalue weighted by Gasteiger charge is 2.25. The molecule has 0 aliphatic carbocycles. The van der Waals surface area contributed by atoms with Gasteiger partial charge in [0.25, 0.3) is 0 Å². The van der Waals surface area contributed by atoms with E-state index in [0.29, 0.717) is 18.5 Å². The molecule has 1 atom stereocenters. The second kappa shape index (κ2) is 6.66. The van der Waals surface area contributed by atoms with Crippen molar-refractivity contribution in [2.75, 3.05) is 6.54 Å². The number of amides is 1. The van der Waals surface area contributed by atoms with Gasteiger partial charge in [-0.2, -0.15) is 0 Å². The van der Waals surface area contributed by atoms with Gasteiger partial charge in [0.15, 0.2) is 0 Å². The molecular formula is C15H23FN2O. The SMILES string of the molecule is CCCC(N)C(=O)NCC(C)(C)c1ccccc1F. The van der Waals surface area contributed by atoms with E-state index in [1.165, 1.54) is 6.07 Å². The fraction of sp³-hybridized carbons (Fsp3) is 0.533. The van der Waals surface area contributed by atoms with Crippen LogP contribution in [0.25, 0.3) is 0 Å². The van der Waals surface area contributed by atoms with Crippen molar-refractivity contribution in [1.29, 1.82) is 0 Å². The summed E-state index contributed by atoms with van der Waals surface area (Å²) in [4.78, 5) is 11.8. The lowest BCUT2D eigenvalue weighted by Crippen LogP contribution is -2.45. The van der Waals surface area contributed by atoms with Gasteiger partial charge in [0, 0.05) is 12.0 Å².